The van der Waals surface area contributed by atoms with E-state index < -0.39 is 78.9 Å². The van der Waals surface area contributed by atoms with E-state index in [1.165, 1.54) is 32.8 Å². The Labute approximate surface area is 844 Å². The minimum absolute atomic E-state index is 0. The van der Waals surface area contributed by atoms with Crippen molar-refractivity contribution in [2.24, 2.45) is 144 Å². The highest BCUT2D eigenvalue weighted by molar-refractivity contribution is 5.87. The molecule has 21 aliphatic rings. The molecule has 21 rings (SSSR count). The van der Waals surface area contributed by atoms with Crippen LogP contribution in [0.2, 0.25) is 0 Å². The van der Waals surface area contributed by atoms with Crippen molar-refractivity contribution in [2.75, 3.05) is 13.7 Å². The summed E-state index contributed by atoms with van der Waals surface area (Å²) in [5.41, 5.74) is -6.26. The van der Waals surface area contributed by atoms with Gasteiger partial charge in [-0.1, -0.05) is 107 Å². The first-order chi connectivity index (χ1) is 62.5. The molecular formula is C112H183NO28. The number of carbonyl (C=O) groups is 14. The van der Waals surface area contributed by atoms with E-state index in [9.17, 15) is 72.4 Å². The first kappa shape index (κ1) is 123. The molecule has 20 fully saturated rings. The van der Waals surface area contributed by atoms with Gasteiger partial charge in [0.25, 0.3) is 0 Å². The van der Waals surface area contributed by atoms with Gasteiger partial charge in [0.15, 0.2) is 5.41 Å². The molecule has 12 aliphatic carbocycles. The molecule has 30 unspecified atom stereocenters. The number of nitrogens with zero attached hydrogens (tertiary/aromatic N) is 1. The van der Waals surface area contributed by atoms with Crippen LogP contribution >= 0.6 is 0 Å². The number of ether oxygens (including phenoxy) is 14. The largest absolute Gasteiger partial charge is 0.469 e. The second kappa shape index (κ2) is 46.3. The van der Waals surface area contributed by atoms with Crippen molar-refractivity contribution in [3.8, 4) is 6.07 Å². The minimum atomic E-state index is -0.974. The third kappa shape index (κ3) is 23.9. The van der Waals surface area contributed by atoms with Gasteiger partial charge < -0.3 is 66.3 Å². The first-order valence-electron chi connectivity index (χ1n) is 50.4. The third-order valence-corrected chi connectivity index (χ3v) is 36.3. The van der Waals surface area contributed by atoms with Crippen molar-refractivity contribution in [3.05, 3.63) is 12.2 Å². The van der Waals surface area contributed by atoms with Crippen LogP contribution in [0.4, 0.5) is 0 Å². The van der Waals surface area contributed by atoms with Crippen molar-refractivity contribution in [1.29, 1.82) is 5.26 Å². The van der Waals surface area contributed by atoms with Gasteiger partial charge >= 0.3 is 83.6 Å². The van der Waals surface area contributed by atoms with E-state index in [0.717, 1.165) is 132 Å². The van der Waals surface area contributed by atoms with Crippen LogP contribution in [0.15, 0.2) is 12.2 Å². The van der Waals surface area contributed by atoms with Gasteiger partial charge in [-0.3, -0.25) is 62.3 Å². The lowest BCUT2D eigenvalue weighted by atomic mass is 9.64. The molecule has 0 radical (unpaired) electrons. The minimum Gasteiger partial charge on any atom is -0.469 e. The summed E-state index contributed by atoms with van der Waals surface area (Å²) in [6.07, 6.45) is 22.4. The molecule has 11 saturated carbocycles. The van der Waals surface area contributed by atoms with Gasteiger partial charge in [0.05, 0.1) is 93.2 Å². The molecule has 29 heteroatoms. The van der Waals surface area contributed by atoms with Crippen molar-refractivity contribution in [3.63, 3.8) is 0 Å². The van der Waals surface area contributed by atoms with E-state index in [1.54, 1.807) is 0 Å². The quantitative estimate of drug-likeness (QED) is 0.0473. The molecule has 0 aromatic heterocycles. The highest BCUT2D eigenvalue weighted by Crippen LogP contribution is 2.72. The number of allylic oxidation sites excluding steroid dienone is 1. The lowest BCUT2D eigenvalue weighted by Gasteiger charge is -2.48. The highest BCUT2D eigenvalue weighted by atomic mass is 16.6. The van der Waals surface area contributed by atoms with Gasteiger partial charge in [0.2, 0.25) is 6.10 Å². The number of cyclic esters (lactones) is 1. The number of carbonyl (C=O) groups excluding carboxylic acids is 14. The highest BCUT2D eigenvalue weighted by Gasteiger charge is 2.74. The van der Waals surface area contributed by atoms with Crippen molar-refractivity contribution in [2.45, 2.75) is 450 Å². The molecule has 9 saturated heterocycles. The third-order valence-electron chi connectivity index (χ3n) is 36.3. The van der Waals surface area contributed by atoms with E-state index in [4.69, 9.17) is 61.6 Å². The predicted octanol–water partition coefficient (Wildman–Crippen LogP) is 21.0. The Morgan fingerprint density at radius 1 is 0.426 bits per heavy atom. The molecule has 0 amide bonds. The Morgan fingerprint density at radius 2 is 0.929 bits per heavy atom. The average Bonchev–Trinajstić information content (AvgIpc) is 1.55. The number of fused-ring (bicyclic) bond motifs is 22. The molecule has 0 aromatic rings. The van der Waals surface area contributed by atoms with Crippen LogP contribution in [0.5, 0.6) is 0 Å². The fraction of sp³-hybridized carbons (Fsp3) is 0.848. The van der Waals surface area contributed by atoms with Crippen LogP contribution < -0.4 is 0 Å². The summed E-state index contributed by atoms with van der Waals surface area (Å²) in [7, 11) is 1.42. The SMILES string of the molecule is C.C.C.C.C.C.C.CCC(C)(C)C(=O)OC.CCC(C)(C)C(=O)OC1(C)CCC2CC1(C)OC2=O.CCC(C)(C)C(=O)OC1C(=O)OC2C=CCC21.CCC(C)(C)C(=O)OC1C2CC3C1OC(=O)C3(C#N)C2.CCC(C)(C)C(=O)OC1C2CC3CC2C(=O)OC31.CCC(C)(C)C(=O)OC1CC2CCC1(C)OC2=O.CCC(C)(C)C(=O)OC1CCC2CC1OC2=O.O=C1OCC2C3CC(C12)C1C2CCC(C2)C31. The van der Waals surface area contributed by atoms with E-state index in [0.29, 0.717) is 62.7 Å². The van der Waals surface area contributed by atoms with Crippen LogP contribution in [0.1, 0.15) is 379 Å². The van der Waals surface area contributed by atoms with E-state index in [-0.39, 0.29) is 219 Å². The van der Waals surface area contributed by atoms with Gasteiger partial charge in [-0.25, -0.2) is 4.79 Å². The fourth-order valence-corrected chi connectivity index (χ4v) is 23.8. The Hall–Kier alpha value is -8.19. The number of rotatable bonds is 20. The van der Waals surface area contributed by atoms with Gasteiger partial charge in [-0.15, -0.1) is 0 Å². The van der Waals surface area contributed by atoms with Gasteiger partial charge in [-0.05, 0) is 301 Å². The lowest BCUT2D eigenvalue weighted by molar-refractivity contribution is -0.221. The Kier molecular flexibility index (Phi) is 40.4. The smallest absolute Gasteiger partial charge is 0.348 e. The standard InChI is InChI=1S/C15H19NO4.C15H24O4.C14H20O4.C14H22O4.C14H18O2.C13H20O4.C13H18O4.C7H14O2.7CH4/c1-4-14(2,3)12(17)19-10-8-5-9-11(10)20-13(18)15(9,6-8)7-16;1-6-13(2,3)12(17)19-14(4)8-7-10-9-15(14,5)18-11(10)16;1-4-14(2,3)13(16)18-11-8-5-7-6-9(8)12(15)17-10(7)11;1-5-13(2,3)12(16)17-10-8-9-6-7-14(10,4)18-11(9)15;15-14-13-9-4-8(10(13)5-16-14)11-6-1-2-7(3-6)12(9)11;1-4-13(2,3)12(15)17-9-6-5-8-7-10(9)16-11(8)14;1-4-13(2,3)12(15)17-10-8-6-5-7-9(8)16-11(10)14;1-5-7(2,3)6(8)9-4;;;;;;;/h8-11H,4-6H2,1-3H3;10H,6-9H2,1-5H3;7-11H,4-6H2,1-3H3;9-10H,5-8H2,1-4H3;6-13H,1-5H2;8-10H,4-7H2,1-3H3;5,7-10H,4,6H2,1-3H3;5H2,1-4H3;7*1H4. The Bertz CT molecular complexity index is 4510. The average molecular weight is 1990 g/mol. The summed E-state index contributed by atoms with van der Waals surface area (Å²) in [5.74, 6) is 4.32. The Morgan fingerprint density at radius 3 is 1.45 bits per heavy atom. The van der Waals surface area contributed by atoms with Crippen LogP contribution in [0.3, 0.4) is 0 Å². The Balaban J connectivity index is 0.000000284. The summed E-state index contributed by atoms with van der Waals surface area (Å²) < 4.78 is 75.5. The second-order valence-electron chi connectivity index (χ2n) is 47.2. The van der Waals surface area contributed by atoms with Crippen LogP contribution in [0.25, 0.3) is 0 Å². The van der Waals surface area contributed by atoms with Crippen LogP contribution in [0, 0.1) is 155 Å². The molecule has 804 valence electrons. The zero-order valence-electron chi connectivity index (χ0n) is 84.4. The summed E-state index contributed by atoms with van der Waals surface area (Å²) in [6, 6.07) is 2.15. The predicted molar refractivity (Wildman–Crippen MR) is 531 cm³/mol. The van der Waals surface area contributed by atoms with Crippen LogP contribution in [-0.2, 0) is 133 Å². The second-order valence-corrected chi connectivity index (χ2v) is 47.2. The molecule has 0 spiro atoms. The van der Waals surface area contributed by atoms with Crippen molar-refractivity contribution in [1.82, 2.24) is 0 Å². The van der Waals surface area contributed by atoms with Crippen LogP contribution in [-0.4, -0.2) is 169 Å². The number of hydrogen-bond donors (Lipinski definition) is 0. The van der Waals surface area contributed by atoms with Gasteiger partial charge in [0.1, 0.15) is 65.6 Å². The zero-order valence-corrected chi connectivity index (χ0v) is 84.4. The first-order valence-corrected chi connectivity index (χ1v) is 50.4. The monoisotopic (exact) mass is 1990 g/mol. The zero-order chi connectivity index (χ0) is 99.0. The normalized spacial score (nSPS) is 36.4. The summed E-state index contributed by atoms with van der Waals surface area (Å²) >= 11 is 0. The maximum Gasteiger partial charge on any atom is 0.348 e. The van der Waals surface area contributed by atoms with Crippen molar-refractivity contribution < 1.29 is 133 Å². The maximum atomic E-state index is 12.3. The van der Waals surface area contributed by atoms with Gasteiger partial charge in [-0.2, -0.15) is 5.26 Å². The van der Waals surface area contributed by atoms with Gasteiger partial charge in [0, 0.05) is 48.9 Å². The molecule has 141 heavy (non-hydrogen) atoms. The fourth-order valence-electron chi connectivity index (χ4n) is 23.8. The lowest BCUT2D eigenvalue weighted by Crippen LogP contribution is -2.57. The molecule has 9 aliphatic heterocycles. The number of methoxy groups -OCH3 is 1. The number of hydrogen-bond acceptors (Lipinski definition) is 29. The van der Waals surface area contributed by atoms with E-state index in [1.807, 2.05) is 178 Å². The van der Waals surface area contributed by atoms with E-state index >= 15 is 0 Å². The van der Waals surface area contributed by atoms with Crippen molar-refractivity contribution >= 4 is 83.6 Å². The molecule has 16 bridgehead atoms. The molecule has 29 nitrogen and oxygen atoms in total. The maximum absolute atomic E-state index is 12.3. The summed E-state index contributed by atoms with van der Waals surface area (Å²) in [4.78, 5) is 165. The summed E-state index contributed by atoms with van der Waals surface area (Å²) in [6.45, 7) is 46.3. The molecular weight excluding hydrogens is 1810 g/mol. The van der Waals surface area contributed by atoms with E-state index in [2.05, 4.69) is 10.8 Å². The molecule has 9 heterocycles. The molecule has 0 aromatic carbocycles. The number of nitriles is 1. The summed E-state index contributed by atoms with van der Waals surface area (Å²) in [5, 5.41) is 9.31. The topological polar surface area (TPSA) is 392 Å². The molecule has 0 N–H and O–H groups in total. The molecule has 30 atom stereocenters. The number of esters is 14.